The fourth-order valence-electron chi connectivity index (χ4n) is 2.27. The third-order valence-electron chi connectivity index (χ3n) is 3.41. The van der Waals surface area contributed by atoms with Crippen LogP contribution in [0.4, 0.5) is 0 Å². The molecule has 1 heterocycles. The van der Waals surface area contributed by atoms with Crippen LogP contribution in [0.5, 0.6) is 0 Å². The van der Waals surface area contributed by atoms with Crippen LogP contribution in [-0.2, 0) is 9.53 Å². The maximum absolute atomic E-state index is 11.6. The van der Waals surface area contributed by atoms with Crippen molar-refractivity contribution in [3.05, 3.63) is 0 Å². The van der Waals surface area contributed by atoms with E-state index in [1.54, 1.807) is 0 Å². The van der Waals surface area contributed by atoms with Gasteiger partial charge in [0.05, 0.1) is 0 Å². The van der Waals surface area contributed by atoms with Crippen LogP contribution in [0.15, 0.2) is 0 Å². The molecule has 1 aliphatic heterocycles. The molecule has 100 valence electrons. The van der Waals surface area contributed by atoms with Crippen LogP contribution < -0.4 is 11.1 Å². The Bertz CT molecular complexity index is 230. The first kappa shape index (κ1) is 14.4. The molecule has 0 radical (unpaired) electrons. The van der Waals surface area contributed by atoms with Crippen LogP contribution in [0.1, 0.15) is 26.2 Å². The van der Waals surface area contributed by atoms with E-state index in [4.69, 9.17) is 10.5 Å². The number of amides is 1. The summed E-state index contributed by atoms with van der Waals surface area (Å²) in [6.45, 7) is 4.75. The van der Waals surface area contributed by atoms with Gasteiger partial charge in [0.25, 0.3) is 0 Å². The zero-order valence-electron chi connectivity index (χ0n) is 10.9. The zero-order valence-corrected chi connectivity index (χ0v) is 10.9. The first-order valence-corrected chi connectivity index (χ1v) is 6.45. The average Bonchev–Trinajstić information content (AvgIpc) is 2.36. The number of nitrogens with two attached hydrogens (primary N) is 1. The number of carbonyl (C=O) groups is 1. The number of likely N-dealkylation sites (N-methyl/N-ethyl adjacent to an activating group) is 1. The van der Waals surface area contributed by atoms with Gasteiger partial charge in [-0.15, -0.1) is 0 Å². The second-order valence-electron chi connectivity index (χ2n) is 4.56. The molecule has 1 aliphatic rings. The highest BCUT2D eigenvalue weighted by Gasteiger charge is 2.25. The molecular weight excluding hydrogens is 218 g/mol. The van der Waals surface area contributed by atoms with E-state index in [1.165, 1.54) is 0 Å². The summed E-state index contributed by atoms with van der Waals surface area (Å²) in [6, 6.07) is 0.622. The molecule has 1 atom stereocenters. The zero-order chi connectivity index (χ0) is 12.7. The molecule has 5 nitrogen and oxygen atoms in total. The summed E-state index contributed by atoms with van der Waals surface area (Å²) in [6.07, 6.45) is 2.54. The lowest BCUT2D eigenvalue weighted by molar-refractivity contribution is -0.122. The number of rotatable bonds is 6. The Hall–Kier alpha value is -0.650. The molecule has 3 N–H and O–H groups in total. The Kier molecular flexibility index (Phi) is 6.47. The fourth-order valence-corrected chi connectivity index (χ4v) is 2.27. The molecule has 0 aliphatic carbocycles. The van der Waals surface area contributed by atoms with Crippen LogP contribution in [0.25, 0.3) is 0 Å². The van der Waals surface area contributed by atoms with E-state index < -0.39 is 0 Å². The first-order chi connectivity index (χ1) is 8.19. The number of nitrogens with one attached hydrogen (secondary N) is 1. The Balaban J connectivity index is 2.44. The Morgan fingerprint density at radius 3 is 2.71 bits per heavy atom. The van der Waals surface area contributed by atoms with Crippen molar-refractivity contribution < 1.29 is 9.53 Å². The van der Waals surface area contributed by atoms with Gasteiger partial charge < -0.3 is 15.8 Å². The Morgan fingerprint density at radius 2 is 2.18 bits per heavy atom. The summed E-state index contributed by atoms with van der Waals surface area (Å²) in [5, 5.41) is 2.82. The molecule has 1 rings (SSSR count). The third-order valence-corrected chi connectivity index (χ3v) is 3.41. The number of nitrogens with zero attached hydrogens (tertiary/aromatic N) is 1. The van der Waals surface area contributed by atoms with Gasteiger partial charge in [-0.2, -0.15) is 0 Å². The average molecular weight is 243 g/mol. The van der Waals surface area contributed by atoms with Crippen molar-refractivity contribution in [1.29, 1.82) is 0 Å². The largest absolute Gasteiger partial charge is 0.381 e. The number of hydrogen-bond donors (Lipinski definition) is 2. The minimum Gasteiger partial charge on any atom is -0.381 e. The van der Waals surface area contributed by atoms with Crippen LogP contribution in [-0.4, -0.2) is 56.2 Å². The quantitative estimate of drug-likeness (QED) is 0.686. The highest BCUT2D eigenvalue weighted by atomic mass is 16.5. The number of carbonyl (C=O) groups excluding carboxylic acids is 1. The second-order valence-corrected chi connectivity index (χ2v) is 4.56. The van der Waals surface area contributed by atoms with E-state index in [2.05, 4.69) is 17.3 Å². The van der Waals surface area contributed by atoms with E-state index in [-0.39, 0.29) is 11.9 Å². The lowest BCUT2D eigenvalue weighted by Crippen LogP contribution is -2.48. The summed E-state index contributed by atoms with van der Waals surface area (Å²) in [5.41, 5.74) is 5.77. The van der Waals surface area contributed by atoms with Crippen molar-refractivity contribution in [3.8, 4) is 0 Å². The maximum atomic E-state index is 11.6. The molecule has 17 heavy (non-hydrogen) atoms. The van der Waals surface area contributed by atoms with Gasteiger partial charge in [0.2, 0.25) is 5.91 Å². The Morgan fingerprint density at radius 1 is 1.53 bits per heavy atom. The topological polar surface area (TPSA) is 67.6 Å². The van der Waals surface area contributed by atoms with Crippen molar-refractivity contribution in [2.75, 3.05) is 33.4 Å². The molecule has 0 bridgehead atoms. The summed E-state index contributed by atoms with van der Waals surface area (Å²) in [7, 11) is 2.06. The predicted molar refractivity (Wildman–Crippen MR) is 67.7 cm³/mol. The van der Waals surface area contributed by atoms with Gasteiger partial charge in [0.1, 0.15) is 0 Å². The molecular formula is C12H25N3O2. The molecule has 0 spiro atoms. The van der Waals surface area contributed by atoms with Crippen LogP contribution in [0, 0.1) is 0 Å². The highest BCUT2D eigenvalue weighted by Crippen LogP contribution is 2.16. The van der Waals surface area contributed by atoms with E-state index in [0.717, 1.165) is 26.1 Å². The molecule has 0 saturated carbocycles. The van der Waals surface area contributed by atoms with Crippen molar-refractivity contribution in [1.82, 2.24) is 10.2 Å². The maximum Gasteiger partial charge on any atom is 0.221 e. The van der Waals surface area contributed by atoms with E-state index in [0.29, 0.717) is 25.6 Å². The monoisotopic (exact) mass is 243 g/mol. The summed E-state index contributed by atoms with van der Waals surface area (Å²) < 4.78 is 5.35. The van der Waals surface area contributed by atoms with Gasteiger partial charge in [-0.3, -0.25) is 9.69 Å². The van der Waals surface area contributed by atoms with Crippen molar-refractivity contribution >= 4 is 5.91 Å². The molecule has 1 fully saturated rings. The SMILES string of the molecule is CCNC(=O)CC(CN)N(C)C1CCOCC1. The minimum absolute atomic E-state index is 0.0851. The van der Waals surface area contributed by atoms with Crippen LogP contribution >= 0.6 is 0 Å². The lowest BCUT2D eigenvalue weighted by Gasteiger charge is -2.36. The summed E-state index contributed by atoms with van der Waals surface area (Å²) in [4.78, 5) is 13.8. The predicted octanol–water partition coefficient (Wildman–Crippen LogP) is -0.0493. The molecule has 1 amide bonds. The van der Waals surface area contributed by atoms with Gasteiger partial charge in [0, 0.05) is 44.8 Å². The smallest absolute Gasteiger partial charge is 0.221 e. The normalized spacial score (nSPS) is 19.3. The van der Waals surface area contributed by atoms with E-state index in [9.17, 15) is 4.79 Å². The number of hydrogen-bond acceptors (Lipinski definition) is 4. The molecule has 5 heteroatoms. The van der Waals surface area contributed by atoms with Crippen molar-refractivity contribution in [2.24, 2.45) is 5.73 Å². The summed E-state index contributed by atoms with van der Waals surface area (Å²) >= 11 is 0. The van der Waals surface area contributed by atoms with Crippen LogP contribution in [0.2, 0.25) is 0 Å². The second kappa shape index (κ2) is 7.63. The van der Waals surface area contributed by atoms with Gasteiger partial charge in [0.15, 0.2) is 0 Å². The van der Waals surface area contributed by atoms with E-state index >= 15 is 0 Å². The fraction of sp³-hybridized carbons (Fsp3) is 0.917. The number of ether oxygens (including phenoxy) is 1. The first-order valence-electron chi connectivity index (χ1n) is 6.45. The molecule has 1 unspecified atom stereocenters. The molecule has 0 aromatic heterocycles. The van der Waals surface area contributed by atoms with Gasteiger partial charge in [-0.1, -0.05) is 0 Å². The molecule has 0 aromatic rings. The summed E-state index contributed by atoms with van der Waals surface area (Å²) in [5.74, 6) is 0.0851. The lowest BCUT2D eigenvalue weighted by atomic mass is 10.0. The van der Waals surface area contributed by atoms with Crippen molar-refractivity contribution in [2.45, 2.75) is 38.3 Å². The van der Waals surface area contributed by atoms with Gasteiger partial charge in [-0.25, -0.2) is 0 Å². The van der Waals surface area contributed by atoms with Crippen LogP contribution in [0.3, 0.4) is 0 Å². The molecule has 0 aromatic carbocycles. The third kappa shape index (κ3) is 4.61. The van der Waals surface area contributed by atoms with E-state index in [1.807, 2.05) is 6.92 Å². The molecule has 1 saturated heterocycles. The standard InChI is InChI=1S/C12H25N3O2/c1-3-14-12(16)8-11(9-13)15(2)10-4-6-17-7-5-10/h10-11H,3-9,13H2,1-2H3,(H,14,16). The highest BCUT2D eigenvalue weighted by molar-refractivity contribution is 5.76. The van der Waals surface area contributed by atoms with Crippen molar-refractivity contribution in [3.63, 3.8) is 0 Å². The Labute approximate surface area is 104 Å². The van der Waals surface area contributed by atoms with Gasteiger partial charge in [-0.05, 0) is 26.8 Å². The van der Waals surface area contributed by atoms with Gasteiger partial charge >= 0.3 is 0 Å². The minimum atomic E-state index is 0.0851.